The van der Waals surface area contributed by atoms with Crippen molar-refractivity contribution >= 4 is 11.8 Å². The van der Waals surface area contributed by atoms with Crippen LogP contribution >= 0.6 is 0 Å². The van der Waals surface area contributed by atoms with E-state index in [1.54, 1.807) is 17.0 Å². The van der Waals surface area contributed by atoms with Gasteiger partial charge in [0.1, 0.15) is 12.4 Å². The first kappa shape index (κ1) is 26.6. The summed E-state index contributed by atoms with van der Waals surface area (Å²) in [5.74, 6) is -0.386. The zero-order chi connectivity index (χ0) is 26.4. The van der Waals surface area contributed by atoms with Crippen LogP contribution in [0.5, 0.6) is 0 Å². The minimum Gasteiger partial charge on any atom is -0.345 e. The van der Waals surface area contributed by atoms with Gasteiger partial charge in [-0.2, -0.15) is 0 Å². The maximum Gasteiger partial charge on any atom is 0.254 e. The van der Waals surface area contributed by atoms with E-state index >= 15 is 0 Å². The van der Waals surface area contributed by atoms with E-state index in [9.17, 15) is 14.0 Å². The molecule has 37 heavy (non-hydrogen) atoms. The molecule has 6 heteroatoms. The van der Waals surface area contributed by atoms with Crippen LogP contribution < -0.4 is 0 Å². The highest BCUT2D eigenvalue weighted by Gasteiger charge is 2.30. The van der Waals surface area contributed by atoms with Gasteiger partial charge in [-0.15, -0.1) is 0 Å². The largest absolute Gasteiger partial charge is 0.345 e. The molecule has 0 bridgehead atoms. The summed E-state index contributed by atoms with van der Waals surface area (Å²) in [6, 6.07) is 18.2. The number of amides is 2. The maximum atomic E-state index is 13.9. The van der Waals surface area contributed by atoms with Crippen molar-refractivity contribution in [2.24, 2.45) is 0 Å². The highest BCUT2D eigenvalue weighted by Crippen LogP contribution is 2.25. The van der Waals surface area contributed by atoms with Gasteiger partial charge in [0, 0.05) is 36.1 Å². The quantitative estimate of drug-likeness (QED) is 0.349. The zero-order valence-corrected chi connectivity index (χ0v) is 22.2. The Morgan fingerprint density at radius 3 is 2.30 bits per heavy atom. The number of benzene rings is 2. The smallest absolute Gasteiger partial charge is 0.254 e. The molecule has 0 atom stereocenters. The molecule has 1 fully saturated rings. The Bertz CT molecular complexity index is 1180. The fourth-order valence-electron chi connectivity index (χ4n) is 5.11. The van der Waals surface area contributed by atoms with Gasteiger partial charge in [0.2, 0.25) is 5.91 Å². The number of carbonyl (C=O) groups excluding carboxylic acids is 2. The Hall–Kier alpha value is -3.41. The Kier molecular flexibility index (Phi) is 8.80. The molecule has 0 spiro atoms. The molecule has 0 radical (unpaired) electrons. The SMILES string of the molecule is Cc1ccc(C(=O)N(CC(=O)N(Cc2cccn2Cc2ccc(F)cc2)C2CCCCC2)C(C)C)cc1. The van der Waals surface area contributed by atoms with Crippen LogP contribution in [-0.4, -0.2) is 44.8 Å². The van der Waals surface area contributed by atoms with E-state index in [4.69, 9.17) is 0 Å². The van der Waals surface area contributed by atoms with Gasteiger partial charge in [-0.1, -0.05) is 49.1 Å². The molecule has 0 N–H and O–H groups in total. The monoisotopic (exact) mass is 503 g/mol. The average Bonchev–Trinajstić information content (AvgIpc) is 3.34. The molecule has 0 aliphatic heterocycles. The zero-order valence-electron chi connectivity index (χ0n) is 22.2. The van der Waals surface area contributed by atoms with Gasteiger partial charge in [0.25, 0.3) is 5.91 Å². The van der Waals surface area contributed by atoms with Crippen LogP contribution in [-0.2, 0) is 17.9 Å². The maximum absolute atomic E-state index is 13.9. The molecular formula is C31H38FN3O2. The van der Waals surface area contributed by atoms with E-state index in [2.05, 4.69) is 4.57 Å². The first-order valence-corrected chi connectivity index (χ1v) is 13.4. The number of hydrogen-bond donors (Lipinski definition) is 0. The molecule has 5 nitrogen and oxygen atoms in total. The first-order chi connectivity index (χ1) is 17.8. The summed E-state index contributed by atoms with van der Waals surface area (Å²) in [5.41, 5.74) is 3.73. The van der Waals surface area contributed by atoms with Gasteiger partial charge in [-0.3, -0.25) is 9.59 Å². The van der Waals surface area contributed by atoms with Gasteiger partial charge in [0.05, 0.1) is 6.54 Å². The molecule has 1 aromatic heterocycles. The Morgan fingerprint density at radius 2 is 1.65 bits per heavy atom. The van der Waals surface area contributed by atoms with Crippen molar-refractivity contribution in [3.8, 4) is 0 Å². The normalized spacial score (nSPS) is 14.1. The van der Waals surface area contributed by atoms with Crippen LogP contribution in [0.2, 0.25) is 0 Å². The lowest BCUT2D eigenvalue weighted by Crippen LogP contribution is -2.49. The van der Waals surface area contributed by atoms with Crippen molar-refractivity contribution < 1.29 is 14.0 Å². The molecule has 1 aliphatic carbocycles. The molecule has 1 saturated carbocycles. The van der Waals surface area contributed by atoms with Crippen LogP contribution in [0, 0.1) is 12.7 Å². The van der Waals surface area contributed by atoms with Crippen molar-refractivity contribution in [2.75, 3.05) is 6.54 Å². The lowest BCUT2D eigenvalue weighted by atomic mass is 9.94. The van der Waals surface area contributed by atoms with E-state index in [0.29, 0.717) is 18.7 Å². The second kappa shape index (κ2) is 12.2. The van der Waals surface area contributed by atoms with Crippen molar-refractivity contribution in [3.63, 3.8) is 0 Å². The molecular weight excluding hydrogens is 465 g/mol. The van der Waals surface area contributed by atoms with Crippen molar-refractivity contribution in [3.05, 3.63) is 95.1 Å². The molecule has 3 aromatic rings. The van der Waals surface area contributed by atoms with Gasteiger partial charge < -0.3 is 14.4 Å². The molecule has 2 aromatic carbocycles. The first-order valence-electron chi connectivity index (χ1n) is 13.4. The van der Waals surface area contributed by atoms with Crippen LogP contribution in [0.25, 0.3) is 0 Å². The highest BCUT2D eigenvalue weighted by molar-refractivity contribution is 5.96. The third kappa shape index (κ3) is 6.88. The lowest BCUT2D eigenvalue weighted by Gasteiger charge is -2.37. The topological polar surface area (TPSA) is 45.6 Å². The summed E-state index contributed by atoms with van der Waals surface area (Å²) in [6.07, 6.45) is 7.39. The Morgan fingerprint density at radius 1 is 0.973 bits per heavy atom. The third-order valence-electron chi connectivity index (χ3n) is 7.35. The molecule has 4 rings (SSSR count). The summed E-state index contributed by atoms with van der Waals surface area (Å²) in [4.78, 5) is 30.9. The second-order valence-corrected chi connectivity index (χ2v) is 10.5. The summed E-state index contributed by atoms with van der Waals surface area (Å²) < 4.78 is 15.5. The molecule has 196 valence electrons. The summed E-state index contributed by atoms with van der Waals surface area (Å²) in [7, 11) is 0. The van der Waals surface area contributed by atoms with Crippen LogP contribution in [0.4, 0.5) is 4.39 Å². The molecule has 1 heterocycles. The van der Waals surface area contributed by atoms with Gasteiger partial charge in [-0.05, 0) is 75.6 Å². The predicted molar refractivity (Wildman–Crippen MR) is 145 cm³/mol. The minimum absolute atomic E-state index is 0.0180. The molecule has 2 amide bonds. The molecule has 1 aliphatic rings. The summed E-state index contributed by atoms with van der Waals surface area (Å²) in [5, 5.41) is 0. The summed E-state index contributed by atoms with van der Waals surface area (Å²) >= 11 is 0. The second-order valence-electron chi connectivity index (χ2n) is 10.5. The van der Waals surface area contributed by atoms with E-state index in [1.807, 2.05) is 68.3 Å². The number of rotatable bonds is 9. The molecule has 0 unspecified atom stereocenters. The van der Waals surface area contributed by atoms with Crippen molar-refractivity contribution in [2.45, 2.75) is 78.0 Å². The van der Waals surface area contributed by atoms with Gasteiger partial charge in [0.15, 0.2) is 0 Å². The Balaban J connectivity index is 1.54. The van der Waals surface area contributed by atoms with Crippen molar-refractivity contribution in [1.82, 2.24) is 14.4 Å². The third-order valence-corrected chi connectivity index (χ3v) is 7.35. The fraction of sp³-hybridized carbons (Fsp3) is 0.419. The number of hydrogen-bond acceptors (Lipinski definition) is 2. The minimum atomic E-state index is -0.250. The summed E-state index contributed by atoms with van der Waals surface area (Å²) in [6.45, 7) is 7.06. The predicted octanol–water partition coefficient (Wildman–Crippen LogP) is 6.20. The number of aryl methyl sites for hydroxylation is 1. The van der Waals surface area contributed by atoms with E-state index < -0.39 is 0 Å². The van der Waals surface area contributed by atoms with E-state index in [1.165, 1.54) is 18.6 Å². The van der Waals surface area contributed by atoms with E-state index in [0.717, 1.165) is 42.5 Å². The number of carbonyl (C=O) groups is 2. The lowest BCUT2D eigenvalue weighted by molar-refractivity contribution is -0.136. The number of halogens is 1. The van der Waals surface area contributed by atoms with Gasteiger partial charge >= 0.3 is 0 Å². The average molecular weight is 504 g/mol. The van der Waals surface area contributed by atoms with Crippen LogP contribution in [0.1, 0.15) is 73.1 Å². The fourth-order valence-corrected chi connectivity index (χ4v) is 5.11. The van der Waals surface area contributed by atoms with Crippen molar-refractivity contribution in [1.29, 1.82) is 0 Å². The van der Waals surface area contributed by atoms with Crippen LogP contribution in [0.3, 0.4) is 0 Å². The Labute approximate surface area is 219 Å². The van der Waals surface area contributed by atoms with Crippen LogP contribution in [0.15, 0.2) is 66.9 Å². The highest BCUT2D eigenvalue weighted by atomic mass is 19.1. The number of aromatic nitrogens is 1. The number of nitrogens with zero attached hydrogens (tertiary/aromatic N) is 3. The molecule has 0 saturated heterocycles. The standard InChI is InChI=1S/C31H38FN3O2/c1-23(2)34(31(37)26-15-11-24(3)12-16-26)22-30(36)35(28-8-5-4-6-9-28)21-29-10-7-19-33(29)20-25-13-17-27(32)18-14-25/h7,10-19,23,28H,4-6,8-9,20-22H2,1-3H3. The van der Waals surface area contributed by atoms with Gasteiger partial charge in [-0.25, -0.2) is 4.39 Å². The van der Waals surface area contributed by atoms with E-state index in [-0.39, 0.29) is 36.3 Å².